The van der Waals surface area contributed by atoms with Crippen molar-refractivity contribution in [1.29, 1.82) is 0 Å². The van der Waals surface area contributed by atoms with Crippen LogP contribution in [0.2, 0.25) is 0 Å². The van der Waals surface area contributed by atoms with Gasteiger partial charge in [-0.15, -0.1) is 0 Å². The minimum Gasteiger partial charge on any atom is -0.379 e. The molecule has 3 atom stereocenters. The van der Waals surface area contributed by atoms with Gasteiger partial charge in [0.15, 0.2) is 5.17 Å². The first-order valence-electron chi connectivity index (χ1n) is 7.74. The average Bonchev–Trinajstić information content (AvgIpc) is 3.30. The zero-order valence-corrected chi connectivity index (χ0v) is 13.2. The van der Waals surface area contributed by atoms with Gasteiger partial charge in [-0.05, 0) is 25.2 Å². The van der Waals surface area contributed by atoms with Gasteiger partial charge in [0.25, 0.3) is 0 Å². The molecule has 0 bridgehead atoms. The van der Waals surface area contributed by atoms with E-state index in [0.29, 0.717) is 30.2 Å². The highest BCUT2D eigenvalue weighted by Gasteiger charge is 2.52. The van der Waals surface area contributed by atoms with Gasteiger partial charge in [-0.1, -0.05) is 11.8 Å². The molecule has 2 aliphatic heterocycles. The van der Waals surface area contributed by atoms with Crippen LogP contribution in [0.4, 0.5) is 13.2 Å². The second-order valence-electron chi connectivity index (χ2n) is 6.55. The maximum atomic E-state index is 14.4. The van der Waals surface area contributed by atoms with Crippen LogP contribution >= 0.6 is 11.8 Å². The molecule has 2 N–H and O–H groups in total. The Morgan fingerprint density at radius 1 is 1.22 bits per heavy atom. The summed E-state index contributed by atoms with van der Waals surface area (Å²) in [6.45, 7) is 0.0829. The van der Waals surface area contributed by atoms with Crippen LogP contribution in [0.25, 0.3) is 0 Å². The van der Waals surface area contributed by atoms with Crippen molar-refractivity contribution in [3.05, 3.63) is 35.1 Å². The molecular weight excluding hydrogens is 325 g/mol. The molecule has 0 unspecified atom stereocenters. The van der Waals surface area contributed by atoms with E-state index in [2.05, 4.69) is 4.99 Å². The van der Waals surface area contributed by atoms with E-state index < -0.39 is 23.0 Å². The standard InChI is InChI=1S/C16H17F3N2OS/c17-10-4-11(18)14(12(19)5-10)16-7-22-13(8-1-2-8)3-9(16)6-23-15(20)21-16/h4-5,8-9,13H,1-3,6-7H2,(H2,20,21)/t9-,13+,16-/m0/s1. The van der Waals surface area contributed by atoms with E-state index in [9.17, 15) is 13.2 Å². The van der Waals surface area contributed by atoms with Gasteiger partial charge in [-0.25, -0.2) is 18.2 Å². The maximum absolute atomic E-state index is 14.4. The minimum atomic E-state index is -1.19. The molecule has 2 heterocycles. The number of halogens is 3. The fourth-order valence-electron chi connectivity index (χ4n) is 3.72. The predicted octanol–water partition coefficient (Wildman–Crippen LogP) is 3.18. The van der Waals surface area contributed by atoms with Crippen molar-refractivity contribution < 1.29 is 17.9 Å². The van der Waals surface area contributed by atoms with Crippen molar-refractivity contribution in [2.45, 2.75) is 30.9 Å². The maximum Gasteiger partial charge on any atom is 0.154 e. The molecule has 3 nitrogen and oxygen atoms in total. The first-order valence-corrected chi connectivity index (χ1v) is 8.73. The van der Waals surface area contributed by atoms with Gasteiger partial charge in [-0.3, -0.25) is 0 Å². The van der Waals surface area contributed by atoms with Gasteiger partial charge in [-0.2, -0.15) is 0 Å². The lowest BCUT2D eigenvalue weighted by Gasteiger charge is -2.46. The van der Waals surface area contributed by atoms with Gasteiger partial charge >= 0.3 is 0 Å². The van der Waals surface area contributed by atoms with E-state index in [0.717, 1.165) is 12.8 Å². The lowest BCUT2D eigenvalue weighted by molar-refractivity contribution is -0.0674. The third kappa shape index (κ3) is 2.54. The van der Waals surface area contributed by atoms with Crippen molar-refractivity contribution in [3.63, 3.8) is 0 Å². The van der Waals surface area contributed by atoms with E-state index in [1.807, 2.05) is 0 Å². The summed E-state index contributed by atoms with van der Waals surface area (Å²) in [7, 11) is 0. The van der Waals surface area contributed by atoms with Crippen LogP contribution in [-0.2, 0) is 10.3 Å². The fourth-order valence-corrected chi connectivity index (χ4v) is 4.74. The number of nitrogens with two attached hydrogens (primary N) is 1. The van der Waals surface area contributed by atoms with Gasteiger partial charge in [0.2, 0.25) is 0 Å². The summed E-state index contributed by atoms with van der Waals surface area (Å²) in [5.41, 5.74) is 4.43. The van der Waals surface area contributed by atoms with E-state index in [4.69, 9.17) is 10.5 Å². The van der Waals surface area contributed by atoms with Crippen molar-refractivity contribution in [1.82, 2.24) is 0 Å². The molecule has 1 saturated heterocycles. The Balaban J connectivity index is 1.80. The number of benzene rings is 1. The molecule has 1 aromatic carbocycles. The molecule has 23 heavy (non-hydrogen) atoms. The summed E-state index contributed by atoms with van der Waals surface area (Å²) < 4.78 is 48.0. The minimum absolute atomic E-state index is 0.0754. The van der Waals surface area contributed by atoms with Gasteiger partial charge in [0.05, 0.1) is 18.3 Å². The van der Waals surface area contributed by atoms with E-state index in [-0.39, 0.29) is 29.4 Å². The molecular formula is C16H17F3N2OS. The molecule has 7 heteroatoms. The highest BCUT2D eigenvalue weighted by atomic mass is 32.2. The van der Waals surface area contributed by atoms with Gasteiger partial charge < -0.3 is 10.5 Å². The first kappa shape index (κ1) is 15.3. The Bertz CT molecular complexity index is 656. The molecule has 0 radical (unpaired) electrons. The molecule has 0 spiro atoms. The lowest BCUT2D eigenvalue weighted by atomic mass is 9.74. The monoisotopic (exact) mass is 342 g/mol. The Morgan fingerprint density at radius 2 is 1.91 bits per heavy atom. The zero-order chi connectivity index (χ0) is 16.2. The summed E-state index contributed by atoms with van der Waals surface area (Å²) >= 11 is 1.40. The summed E-state index contributed by atoms with van der Waals surface area (Å²) in [5.74, 6) is -1.68. The van der Waals surface area contributed by atoms with Crippen LogP contribution in [0.1, 0.15) is 24.8 Å². The number of hydrogen-bond acceptors (Lipinski definition) is 4. The predicted molar refractivity (Wildman–Crippen MR) is 82.6 cm³/mol. The number of thioether (sulfide) groups is 1. The highest BCUT2D eigenvalue weighted by molar-refractivity contribution is 8.13. The lowest BCUT2D eigenvalue weighted by Crippen LogP contribution is -2.51. The summed E-state index contributed by atoms with van der Waals surface area (Å²) in [4.78, 5) is 4.40. The van der Waals surface area contributed by atoms with E-state index >= 15 is 0 Å². The van der Waals surface area contributed by atoms with Crippen LogP contribution < -0.4 is 5.73 Å². The number of fused-ring (bicyclic) bond motifs is 1. The Morgan fingerprint density at radius 3 is 2.57 bits per heavy atom. The van der Waals surface area contributed by atoms with Crippen LogP contribution in [-0.4, -0.2) is 23.6 Å². The molecule has 3 aliphatic rings. The van der Waals surface area contributed by atoms with Crippen LogP contribution in [0.3, 0.4) is 0 Å². The van der Waals surface area contributed by atoms with Gasteiger partial charge in [0.1, 0.15) is 23.0 Å². The molecule has 1 aromatic rings. The third-order valence-corrected chi connectivity index (χ3v) is 6.00. The molecule has 4 rings (SSSR count). The Labute approximate surface area is 136 Å². The topological polar surface area (TPSA) is 47.6 Å². The van der Waals surface area contributed by atoms with Crippen molar-refractivity contribution in [2.75, 3.05) is 12.4 Å². The number of rotatable bonds is 2. The molecule has 124 valence electrons. The average molecular weight is 342 g/mol. The number of hydrogen-bond donors (Lipinski definition) is 1. The van der Waals surface area contributed by atoms with Crippen molar-refractivity contribution >= 4 is 16.9 Å². The number of aliphatic imine (C=N–C) groups is 1. The summed E-state index contributed by atoms with van der Waals surface area (Å²) in [6.07, 6.45) is 3.10. The molecule has 0 aromatic heterocycles. The Hall–Kier alpha value is -1.21. The molecule has 1 aliphatic carbocycles. The van der Waals surface area contributed by atoms with Crippen LogP contribution in [0, 0.1) is 29.3 Å². The largest absolute Gasteiger partial charge is 0.379 e. The molecule has 1 saturated carbocycles. The van der Waals surface area contributed by atoms with E-state index in [1.54, 1.807) is 0 Å². The zero-order valence-electron chi connectivity index (χ0n) is 12.4. The second kappa shape index (κ2) is 5.41. The van der Waals surface area contributed by atoms with Crippen molar-refractivity contribution in [3.8, 4) is 0 Å². The molecule has 0 amide bonds. The molecule has 2 fully saturated rings. The van der Waals surface area contributed by atoms with Crippen molar-refractivity contribution in [2.24, 2.45) is 22.6 Å². The smallest absolute Gasteiger partial charge is 0.154 e. The van der Waals surface area contributed by atoms with Crippen LogP contribution in [0.5, 0.6) is 0 Å². The van der Waals surface area contributed by atoms with Gasteiger partial charge in [0, 0.05) is 23.8 Å². The number of amidine groups is 1. The first-order chi connectivity index (χ1) is 11.0. The SMILES string of the molecule is NC1=N[C@@]2(c3c(F)cc(F)cc3F)CO[C@@H](C3CC3)C[C@H]2CS1. The van der Waals surface area contributed by atoms with E-state index in [1.165, 1.54) is 11.8 Å². The number of nitrogens with zero attached hydrogens (tertiary/aromatic N) is 1. The number of ether oxygens (including phenoxy) is 1. The second-order valence-corrected chi connectivity index (χ2v) is 7.59. The summed E-state index contributed by atoms with van der Waals surface area (Å²) in [6, 6.07) is 1.40. The third-order valence-electron chi connectivity index (χ3n) is 5.04. The Kier molecular flexibility index (Phi) is 3.61. The van der Waals surface area contributed by atoms with Crippen LogP contribution in [0.15, 0.2) is 17.1 Å². The fraction of sp³-hybridized carbons (Fsp3) is 0.562. The highest BCUT2D eigenvalue weighted by Crippen LogP contribution is 2.50. The quantitative estimate of drug-likeness (QED) is 0.898. The normalized spacial score (nSPS) is 34.0. The summed E-state index contributed by atoms with van der Waals surface area (Å²) in [5, 5.41) is 0.290.